The molecule has 0 fully saturated rings. The Balaban J connectivity index is 1.81. The topological polar surface area (TPSA) is 98.2 Å². The van der Waals surface area contributed by atoms with Crippen LogP contribution in [0.15, 0.2) is 59.5 Å². The fraction of sp³-hybridized carbons (Fsp3) is 0.400. The molecule has 1 unspecified atom stereocenters. The maximum Gasteiger partial charge on any atom is 0.430 e. The molecular formula is C25H23F7N2O5S. The van der Waals surface area contributed by atoms with Crippen molar-refractivity contribution in [2.75, 3.05) is 17.5 Å². The molecule has 2 heterocycles. The van der Waals surface area contributed by atoms with Gasteiger partial charge in [-0.25, -0.2) is 12.8 Å². The number of hydrogen-bond donors (Lipinski definition) is 2. The van der Waals surface area contributed by atoms with Crippen LogP contribution in [0.4, 0.5) is 36.4 Å². The number of aliphatic hydroxyl groups excluding tert-OH is 1. The summed E-state index contributed by atoms with van der Waals surface area (Å²) in [6.45, 7) is -0.244. The number of anilines is 1. The lowest BCUT2D eigenvalue weighted by Crippen LogP contribution is -2.54. The Morgan fingerprint density at radius 2 is 1.62 bits per heavy atom. The normalized spacial score (nSPS) is 20.1. The van der Waals surface area contributed by atoms with Crippen LogP contribution in [-0.2, 0) is 26.8 Å². The average molecular weight is 597 g/mol. The van der Waals surface area contributed by atoms with Crippen molar-refractivity contribution in [1.82, 2.24) is 4.90 Å². The molecule has 0 aromatic heterocycles. The van der Waals surface area contributed by atoms with Crippen molar-refractivity contribution in [2.45, 2.75) is 54.2 Å². The quantitative estimate of drug-likeness (QED) is 0.391. The molecule has 2 N–H and O–H groups in total. The van der Waals surface area contributed by atoms with E-state index < -0.39 is 75.3 Å². The maximum absolute atomic E-state index is 13.7. The molecule has 7 nitrogen and oxygen atoms in total. The SMILES string of the molecule is O=C(C[C@@H]1CCc2cc(C(O)(C(F)(F)F)C(F)(F)F)ccc2N1S(=O)(=O)c1ccc(F)cc1)N1CC=CC1CO. The Bertz CT molecular complexity index is 1390. The number of aliphatic hydroxyl groups is 2. The van der Waals surface area contributed by atoms with E-state index in [2.05, 4.69) is 0 Å². The largest absolute Gasteiger partial charge is 0.430 e. The number of rotatable bonds is 6. The van der Waals surface area contributed by atoms with Gasteiger partial charge in [0.05, 0.1) is 29.3 Å². The van der Waals surface area contributed by atoms with Gasteiger partial charge in [0, 0.05) is 18.5 Å². The number of nitrogens with zero attached hydrogens (tertiary/aromatic N) is 2. The molecule has 2 aliphatic heterocycles. The third-order valence-electron chi connectivity index (χ3n) is 6.98. The number of sulfonamides is 1. The number of fused-ring (bicyclic) bond motifs is 1. The van der Waals surface area contributed by atoms with E-state index in [9.17, 15) is 54.2 Å². The summed E-state index contributed by atoms with van der Waals surface area (Å²) >= 11 is 0. The molecule has 0 aliphatic carbocycles. The zero-order valence-corrected chi connectivity index (χ0v) is 21.3. The molecule has 2 atom stereocenters. The molecule has 4 rings (SSSR count). The zero-order valence-electron chi connectivity index (χ0n) is 20.5. The molecule has 0 saturated carbocycles. The highest BCUT2D eigenvalue weighted by Gasteiger charge is 2.71. The molecule has 0 spiro atoms. The van der Waals surface area contributed by atoms with Gasteiger partial charge in [-0.2, -0.15) is 26.3 Å². The number of benzene rings is 2. The predicted molar refractivity (Wildman–Crippen MR) is 127 cm³/mol. The highest BCUT2D eigenvalue weighted by atomic mass is 32.2. The third-order valence-corrected chi connectivity index (χ3v) is 8.86. The molecule has 2 aromatic carbocycles. The molecule has 40 heavy (non-hydrogen) atoms. The lowest BCUT2D eigenvalue weighted by Gasteiger charge is -2.39. The van der Waals surface area contributed by atoms with Gasteiger partial charge in [0.2, 0.25) is 5.91 Å². The van der Waals surface area contributed by atoms with Gasteiger partial charge in [-0.1, -0.05) is 24.3 Å². The second-order valence-corrected chi connectivity index (χ2v) is 11.2. The molecule has 1 amide bonds. The van der Waals surface area contributed by atoms with Crippen LogP contribution in [0.3, 0.4) is 0 Å². The molecular weight excluding hydrogens is 573 g/mol. The predicted octanol–water partition coefficient (Wildman–Crippen LogP) is 3.80. The summed E-state index contributed by atoms with van der Waals surface area (Å²) in [4.78, 5) is 13.9. The Morgan fingerprint density at radius 3 is 2.20 bits per heavy atom. The van der Waals surface area contributed by atoms with E-state index in [1.807, 2.05) is 0 Å². The van der Waals surface area contributed by atoms with E-state index in [-0.39, 0.29) is 30.6 Å². The highest BCUT2D eigenvalue weighted by Crippen LogP contribution is 2.51. The van der Waals surface area contributed by atoms with Crippen LogP contribution in [0, 0.1) is 5.82 Å². The monoisotopic (exact) mass is 596 g/mol. The van der Waals surface area contributed by atoms with Gasteiger partial charge in [0.1, 0.15) is 5.82 Å². The van der Waals surface area contributed by atoms with Crippen LogP contribution < -0.4 is 4.31 Å². The first-order chi connectivity index (χ1) is 18.5. The van der Waals surface area contributed by atoms with Crippen LogP contribution in [0.2, 0.25) is 0 Å². The van der Waals surface area contributed by atoms with Crippen LogP contribution in [0.1, 0.15) is 24.0 Å². The average Bonchev–Trinajstić information content (AvgIpc) is 3.36. The second-order valence-electron chi connectivity index (χ2n) is 9.42. The third kappa shape index (κ3) is 5.05. The number of carbonyl (C=O) groups is 1. The summed E-state index contributed by atoms with van der Waals surface area (Å²) in [7, 11) is -4.61. The van der Waals surface area contributed by atoms with Crippen molar-refractivity contribution < 1.29 is 54.2 Å². The number of alkyl halides is 6. The van der Waals surface area contributed by atoms with E-state index in [4.69, 9.17) is 0 Å². The Kier molecular flexibility index (Phi) is 7.71. The zero-order chi connectivity index (χ0) is 29.7. The summed E-state index contributed by atoms with van der Waals surface area (Å²) in [6.07, 6.45) is -9.88. The Labute approximate surface area is 224 Å². The van der Waals surface area contributed by atoms with Crippen molar-refractivity contribution in [2.24, 2.45) is 0 Å². The summed E-state index contributed by atoms with van der Waals surface area (Å²) < 4.78 is 123. The number of hydrogen-bond acceptors (Lipinski definition) is 5. The Morgan fingerprint density at radius 1 is 1.00 bits per heavy atom. The van der Waals surface area contributed by atoms with Crippen LogP contribution in [0.25, 0.3) is 0 Å². The van der Waals surface area contributed by atoms with Gasteiger partial charge in [0.15, 0.2) is 0 Å². The van der Waals surface area contributed by atoms with Crippen molar-refractivity contribution in [3.8, 4) is 0 Å². The van der Waals surface area contributed by atoms with Gasteiger partial charge in [0.25, 0.3) is 15.6 Å². The molecule has 0 bridgehead atoms. The van der Waals surface area contributed by atoms with E-state index in [1.165, 1.54) is 4.90 Å². The summed E-state index contributed by atoms with van der Waals surface area (Å²) in [5.74, 6) is -1.30. The van der Waals surface area contributed by atoms with E-state index >= 15 is 0 Å². The number of halogens is 7. The highest BCUT2D eigenvalue weighted by molar-refractivity contribution is 7.92. The van der Waals surface area contributed by atoms with Gasteiger partial charge in [-0.05, 0) is 48.7 Å². The second kappa shape index (κ2) is 10.3. The van der Waals surface area contributed by atoms with Gasteiger partial charge >= 0.3 is 12.4 Å². The van der Waals surface area contributed by atoms with E-state index in [0.29, 0.717) is 12.1 Å². The van der Waals surface area contributed by atoms with E-state index in [1.54, 1.807) is 12.2 Å². The standard InChI is InChI=1S/C25H23F7N2O5S/c26-17-5-8-20(9-6-17)40(38,39)34-18(13-22(36)33-11-1-2-19(33)14-35)7-3-15-12-16(4-10-21(15)34)23(37,24(27,28)29)25(30,31)32/h1-2,4-6,8-10,12,18-19,35,37H,3,7,11,13-14H2/t18-,19?/m0/s1. The first-order valence-corrected chi connectivity index (χ1v) is 13.3. The van der Waals surface area contributed by atoms with Crippen molar-refractivity contribution in [3.63, 3.8) is 0 Å². The van der Waals surface area contributed by atoms with Crippen LogP contribution in [-0.4, -0.2) is 67.0 Å². The van der Waals surface area contributed by atoms with Crippen molar-refractivity contribution >= 4 is 21.6 Å². The van der Waals surface area contributed by atoms with Crippen LogP contribution in [0.5, 0.6) is 0 Å². The molecule has 2 aliphatic rings. The lowest BCUT2D eigenvalue weighted by molar-refractivity contribution is -0.376. The number of carbonyl (C=O) groups excluding carboxylic acids is 1. The minimum absolute atomic E-state index is 0.148. The van der Waals surface area contributed by atoms with Crippen molar-refractivity contribution in [1.29, 1.82) is 0 Å². The summed E-state index contributed by atoms with van der Waals surface area (Å²) in [5.41, 5.74) is -7.30. The molecule has 15 heteroatoms. The minimum Gasteiger partial charge on any atom is -0.394 e. The maximum atomic E-state index is 13.7. The summed E-state index contributed by atoms with van der Waals surface area (Å²) in [5, 5.41) is 19.4. The number of aryl methyl sites for hydroxylation is 1. The molecule has 2 aromatic rings. The number of amides is 1. The Hall–Kier alpha value is -3.17. The fourth-order valence-electron chi connectivity index (χ4n) is 4.92. The lowest BCUT2D eigenvalue weighted by atomic mass is 9.87. The van der Waals surface area contributed by atoms with Crippen molar-refractivity contribution in [3.05, 3.63) is 71.6 Å². The van der Waals surface area contributed by atoms with Gasteiger partial charge < -0.3 is 15.1 Å². The first kappa shape index (κ1) is 29.8. The van der Waals surface area contributed by atoms with Gasteiger partial charge in [-0.15, -0.1) is 0 Å². The van der Waals surface area contributed by atoms with E-state index in [0.717, 1.165) is 34.6 Å². The molecule has 218 valence electrons. The smallest absolute Gasteiger partial charge is 0.394 e. The van der Waals surface area contributed by atoms with Crippen LogP contribution >= 0.6 is 0 Å². The fourth-order valence-corrected chi connectivity index (χ4v) is 6.63. The van der Waals surface area contributed by atoms with Gasteiger partial charge in [-0.3, -0.25) is 9.10 Å². The minimum atomic E-state index is -6.14. The summed E-state index contributed by atoms with van der Waals surface area (Å²) in [6, 6.07) is 3.33. The molecule has 0 saturated heterocycles. The molecule has 0 radical (unpaired) electrons. The first-order valence-electron chi connectivity index (χ1n) is 11.9.